The molecule has 0 saturated heterocycles. The zero-order valence-corrected chi connectivity index (χ0v) is 11.2. The van der Waals surface area contributed by atoms with Crippen molar-refractivity contribution < 1.29 is 26.3 Å². The second-order valence-corrected chi connectivity index (χ2v) is 5.69. The average molecular weight is 297 g/mol. The number of benzene rings is 1. The van der Waals surface area contributed by atoms with Crippen molar-refractivity contribution in [3.8, 4) is 0 Å². The molecule has 1 rings (SSSR count). The van der Waals surface area contributed by atoms with Gasteiger partial charge in [-0.05, 0) is 25.1 Å². The molecule has 1 unspecified atom stereocenters. The summed E-state index contributed by atoms with van der Waals surface area (Å²) in [5, 5.41) is 0. The molecule has 0 aliphatic rings. The van der Waals surface area contributed by atoms with E-state index in [1.165, 1.54) is 7.11 Å². The average Bonchev–Trinajstić information content (AvgIpc) is 2.35. The van der Waals surface area contributed by atoms with Gasteiger partial charge in [0.2, 0.25) is 10.0 Å². The van der Waals surface area contributed by atoms with Crippen molar-refractivity contribution in [3.05, 3.63) is 29.8 Å². The second-order valence-electron chi connectivity index (χ2n) is 3.92. The predicted octanol–water partition coefficient (Wildman–Crippen LogP) is 2.02. The first kappa shape index (κ1) is 15.9. The third-order valence-electron chi connectivity index (χ3n) is 2.43. The summed E-state index contributed by atoms with van der Waals surface area (Å²) in [6.07, 6.45) is -4.95. The number of hydrogen-bond donors (Lipinski definition) is 1. The molecule has 0 aliphatic carbocycles. The maximum atomic E-state index is 12.5. The molecular formula is C11H14F3NO3S. The minimum atomic E-state index is -4.58. The van der Waals surface area contributed by atoms with Crippen LogP contribution in [0.1, 0.15) is 12.5 Å². The molecule has 4 nitrogen and oxygen atoms in total. The Kier molecular flexibility index (Phi) is 4.94. The van der Waals surface area contributed by atoms with Crippen LogP contribution in [0.3, 0.4) is 0 Å². The summed E-state index contributed by atoms with van der Waals surface area (Å²) in [4.78, 5) is -0.425. The van der Waals surface area contributed by atoms with E-state index in [2.05, 4.69) is 4.72 Å². The number of ether oxygens (including phenoxy) is 1. The molecule has 0 aliphatic heterocycles. The van der Waals surface area contributed by atoms with Crippen LogP contribution in [0.2, 0.25) is 0 Å². The number of sulfonamides is 1. The topological polar surface area (TPSA) is 55.4 Å². The van der Waals surface area contributed by atoms with E-state index in [1.54, 1.807) is 6.92 Å². The van der Waals surface area contributed by atoms with Gasteiger partial charge in [0, 0.05) is 13.7 Å². The number of rotatable bonds is 5. The van der Waals surface area contributed by atoms with Gasteiger partial charge >= 0.3 is 6.18 Å². The van der Waals surface area contributed by atoms with Crippen LogP contribution in [0.25, 0.3) is 0 Å². The van der Waals surface area contributed by atoms with Gasteiger partial charge in [-0.3, -0.25) is 0 Å². The molecule has 0 bridgehead atoms. The smallest absolute Gasteiger partial charge is 0.380 e. The third-order valence-corrected chi connectivity index (χ3v) is 3.86. The molecule has 0 fully saturated rings. The van der Waals surface area contributed by atoms with Crippen molar-refractivity contribution in [1.29, 1.82) is 0 Å². The van der Waals surface area contributed by atoms with E-state index in [9.17, 15) is 21.6 Å². The van der Waals surface area contributed by atoms with Gasteiger partial charge in [0.15, 0.2) is 0 Å². The number of methoxy groups -OCH3 is 1. The summed E-state index contributed by atoms with van der Waals surface area (Å²) >= 11 is 0. The normalized spacial score (nSPS) is 14.4. The van der Waals surface area contributed by atoms with Gasteiger partial charge in [0.25, 0.3) is 0 Å². The molecule has 0 heterocycles. The number of nitrogens with one attached hydrogen (secondary N) is 1. The molecule has 0 amide bonds. The molecule has 0 aromatic heterocycles. The molecular weight excluding hydrogens is 283 g/mol. The Hall–Kier alpha value is -1.12. The van der Waals surface area contributed by atoms with Gasteiger partial charge in [-0.2, -0.15) is 13.2 Å². The van der Waals surface area contributed by atoms with Crippen molar-refractivity contribution in [2.45, 2.75) is 24.1 Å². The fourth-order valence-corrected chi connectivity index (χ4v) is 2.39. The molecule has 1 N–H and O–H groups in total. The van der Waals surface area contributed by atoms with Crippen molar-refractivity contribution in [3.63, 3.8) is 0 Å². The molecule has 108 valence electrons. The van der Waals surface area contributed by atoms with Gasteiger partial charge in [-0.15, -0.1) is 0 Å². The van der Waals surface area contributed by atoms with E-state index in [0.29, 0.717) is 6.07 Å². The fraction of sp³-hybridized carbons (Fsp3) is 0.455. The quantitative estimate of drug-likeness (QED) is 0.904. The highest BCUT2D eigenvalue weighted by Crippen LogP contribution is 2.30. The highest BCUT2D eigenvalue weighted by molar-refractivity contribution is 7.89. The summed E-state index contributed by atoms with van der Waals surface area (Å²) < 4.78 is 68.1. The van der Waals surface area contributed by atoms with Crippen LogP contribution in [0.5, 0.6) is 0 Å². The lowest BCUT2D eigenvalue weighted by Crippen LogP contribution is -2.31. The largest absolute Gasteiger partial charge is 0.416 e. The lowest BCUT2D eigenvalue weighted by molar-refractivity contribution is -0.137. The molecule has 0 radical (unpaired) electrons. The van der Waals surface area contributed by atoms with E-state index in [0.717, 1.165) is 18.2 Å². The van der Waals surface area contributed by atoms with Crippen LogP contribution in [0, 0.1) is 0 Å². The molecule has 19 heavy (non-hydrogen) atoms. The second kappa shape index (κ2) is 5.89. The molecule has 0 saturated carbocycles. The Morgan fingerprint density at radius 3 is 2.53 bits per heavy atom. The monoisotopic (exact) mass is 297 g/mol. The summed E-state index contributed by atoms with van der Waals surface area (Å²) in [5.41, 5.74) is -1.00. The van der Waals surface area contributed by atoms with Crippen LogP contribution in [-0.2, 0) is 20.9 Å². The summed E-state index contributed by atoms with van der Waals surface area (Å²) in [5.74, 6) is 0. The van der Waals surface area contributed by atoms with Crippen LogP contribution in [0.15, 0.2) is 29.2 Å². The number of hydrogen-bond acceptors (Lipinski definition) is 3. The van der Waals surface area contributed by atoms with Crippen molar-refractivity contribution in [2.24, 2.45) is 0 Å². The van der Waals surface area contributed by atoms with Crippen LogP contribution >= 0.6 is 0 Å². The Labute approximate surface area is 109 Å². The maximum absolute atomic E-state index is 12.5. The maximum Gasteiger partial charge on any atom is 0.416 e. The van der Waals surface area contributed by atoms with Crippen LogP contribution < -0.4 is 4.72 Å². The van der Waals surface area contributed by atoms with Gasteiger partial charge in [0.05, 0.1) is 16.6 Å². The molecule has 1 aromatic rings. The van der Waals surface area contributed by atoms with Crippen LogP contribution in [-0.4, -0.2) is 28.2 Å². The minimum Gasteiger partial charge on any atom is -0.380 e. The molecule has 8 heteroatoms. The van der Waals surface area contributed by atoms with Gasteiger partial charge in [-0.25, -0.2) is 13.1 Å². The van der Waals surface area contributed by atoms with E-state index in [-0.39, 0.29) is 12.6 Å². The zero-order valence-electron chi connectivity index (χ0n) is 10.4. The van der Waals surface area contributed by atoms with E-state index in [1.807, 2.05) is 0 Å². The summed E-state index contributed by atoms with van der Waals surface area (Å²) in [6.45, 7) is 1.61. The van der Waals surface area contributed by atoms with Crippen molar-refractivity contribution >= 4 is 10.0 Å². The Balaban J connectivity index is 2.96. The van der Waals surface area contributed by atoms with Crippen molar-refractivity contribution in [2.75, 3.05) is 13.7 Å². The third kappa shape index (κ3) is 4.48. The van der Waals surface area contributed by atoms with Crippen molar-refractivity contribution in [1.82, 2.24) is 4.72 Å². The lowest BCUT2D eigenvalue weighted by atomic mass is 10.2. The number of alkyl halides is 3. The first-order chi connectivity index (χ1) is 8.66. The SMILES string of the molecule is COC(C)CNS(=O)(=O)c1cccc(C(F)(F)F)c1. The Morgan fingerprint density at radius 2 is 2.00 bits per heavy atom. The molecule has 1 aromatic carbocycles. The lowest BCUT2D eigenvalue weighted by Gasteiger charge is -2.12. The van der Waals surface area contributed by atoms with Gasteiger partial charge in [0.1, 0.15) is 0 Å². The van der Waals surface area contributed by atoms with E-state index >= 15 is 0 Å². The predicted molar refractivity (Wildman–Crippen MR) is 63.1 cm³/mol. The number of halogens is 3. The Morgan fingerprint density at radius 1 is 1.37 bits per heavy atom. The van der Waals surface area contributed by atoms with E-state index in [4.69, 9.17) is 4.74 Å². The standard InChI is InChI=1S/C11H14F3NO3S/c1-8(18-2)7-15-19(16,17)10-5-3-4-9(6-10)11(12,13)14/h3-6,8,15H,7H2,1-2H3. The highest BCUT2D eigenvalue weighted by Gasteiger charge is 2.31. The summed E-state index contributed by atoms with van der Waals surface area (Å²) in [6, 6.07) is 3.57. The van der Waals surface area contributed by atoms with Gasteiger partial charge in [-0.1, -0.05) is 6.07 Å². The zero-order chi connectivity index (χ0) is 14.7. The first-order valence-corrected chi connectivity index (χ1v) is 6.85. The first-order valence-electron chi connectivity index (χ1n) is 5.36. The van der Waals surface area contributed by atoms with Gasteiger partial charge < -0.3 is 4.74 Å². The Bertz CT molecular complexity index is 528. The molecule has 1 atom stereocenters. The van der Waals surface area contributed by atoms with Crippen LogP contribution in [0.4, 0.5) is 13.2 Å². The minimum absolute atomic E-state index is 0.0188. The molecule has 0 spiro atoms. The highest BCUT2D eigenvalue weighted by atomic mass is 32.2. The summed E-state index contributed by atoms with van der Waals surface area (Å²) in [7, 11) is -2.57. The van der Waals surface area contributed by atoms with E-state index < -0.39 is 26.7 Å². The fourth-order valence-electron chi connectivity index (χ4n) is 1.23.